The summed E-state index contributed by atoms with van der Waals surface area (Å²) in [5.41, 5.74) is 2.96. The van der Waals surface area contributed by atoms with Crippen LogP contribution in [0, 0.1) is 6.92 Å². The largest absolute Gasteiger partial charge is 0.465 e. The Labute approximate surface area is 208 Å². The van der Waals surface area contributed by atoms with Crippen LogP contribution in [0.5, 0.6) is 0 Å². The number of nitrogens with zero attached hydrogens (tertiary/aromatic N) is 1. The number of ketones is 1. The normalized spacial score (nSPS) is 13.9. The average molecular weight is 492 g/mol. The summed E-state index contributed by atoms with van der Waals surface area (Å²) in [6.45, 7) is 7.64. The molecule has 1 aliphatic carbocycles. The maximum Gasteiger partial charge on any atom is 0.351 e. The van der Waals surface area contributed by atoms with Crippen LogP contribution in [-0.2, 0) is 15.9 Å². The van der Waals surface area contributed by atoms with Crippen LogP contribution in [0.2, 0.25) is 0 Å². The van der Waals surface area contributed by atoms with E-state index in [9.17, 15) is 19.2 Å². The fourth-order valence-corrected chi connectivity index (χ4v) is 4.77. The number of carbonyl (C=O) groups is 3. The Hall–Kier alpha value is -3.81. The molecule has 1 unspecified atom stereocenters. The van der Waals surface area contributed by atoms with Gasteiger partial charge in [-0.3, -0.25) is 9.78 Å². The second-order valence-electron chi connectivity index (χ2n) is 9.00. The van der Waals surface area contributed by atoms with Gasteiger partial charge < -0.3 is 13.9 Å². The zero-order valence-electron chi connectivity index (χ0n) is 21.1. The van der Waals surface area contributed by atoms with Crippen molar-refractivity contribution in [3.8, 4) is 11.1 Å². The van der Waals surface area contributed by atoms with Gasteiger partial charge in [0.15, 0.2) is 5.78 Å². The van der Waals surface area contributed by atoms with Gasteiger partial charge in [-0.2, -0.15) is 0 Å². The Kier molecular flexibility index (Phi) is 7.06. The van der Waals surface area contributed by atoms with Gasteiger partial charge in [0.1, 0.15) is 11.1 Å². The van der Waals surface area contributed by atoms with E-state index in [4.69, 9.17) is 13.9 Å². The first kappa shape index (κ1) is 25.3. The number of carbonyl (C=O) groups excluding carboxylic acids is 3. The van der Waals surface area contributed by atoms with Gasteiger partial charge in [-0.1, -0.05) is 13.8 Å². The van der Waals surface area contributed by atoms with Crippen LogP contribution < -0.4 is 5.63 Å². The summed E-state index contributed by atoms with van der Waals surface area (Å²) >= 11 is 0. The van der Waals surface area contributed by atoms with E-state index in [2.05, 4.69) is 4.98 Å². The molecule has 4 rings (SSSR count). The first-order valence-corrected chi connectivity index (χ1v) is 12.2. The molecule has 0 N–H and O–H groups in total. The minimum absolute atomic E-state index is 0.0138. The summed E-state index contributed by atoms with van der Waals surface area (Å²) in [4.78, 5) is 55.7. The number of aryl methyl sites for hydroxylation is 2. The SMILES string of the molecule is CCOC(=O)c1c(C)nc2c(c1-c1cc(C(C)CC)c3oc(=O)c(C(=O)OC)cc3c1)C(=O)CCC2. The highest BCUT2D eigenvalue weighted by atomic mass is 16.5. The smallest absolute Gasteiger partial charge is 0.351 e. The molecule has 1 aliphatic rings. The van der Waals surface area contributed by atoms with Crippen molar-refractivity contribution in [2.24, 2.45) is 0 Å². The molecule has 1 aromatic carbocycles. The Morgan fingerprint density at radius 3 is 2.50 bits per heavy atom. The maximum atomic E-state index is 13.2. The fourth-order valence-electron chi connectivity index (χ4n) is 4.77. The highest BCUT2D eigenvalue weighted by Gasteiger charge is 2.31. The number of esters is 2. The van der Waals surface area contributed by atoms with Gasteiger partial charge >= 0.3 is 17.6 Å². The molecule has 2 aromatic heterocycles. The number of rotatable bonds is 6. The molecule has 0 saturated heterocycles. The van der Waals surface area contributed by atoms with E-state index in [1.807, 2.05) is 19.9 Å². The highest BCUT2D eigenvalue weighted by Crippen LogP contribution is 2.39. The van der Waals surface area contributed by atoms with Crippen LogP contribution >= 0.6 is 0 Å². The molecule has 0 amide bonds. The summed E-state index contributed by atoms with van der Waals surface area (Å²) in [5, 5.41) is 0.490. The third kappa shape index (κ3) is 4.32. The minimum atomic E-state index is -0.805. The molecular formula is C28H29NO7. The van der Waals surface area contributed by atoms with E-state index < -0.39 is 17.6 Å². The minimum Gasteiger partial charge on any atom is -0.465 e. The number of pyridine rings is 1. The third-order valence-electron chi connectivity index (χ3n) is 6.73. The monoisotopic (exact) mass is 491 g/mol. The van der Waals surface area contributed by atoms with Crippen molar-refractivity contribution in [2.75, 3.05) is 13.7 Å². The Morgan fingerprint density at radius 1 is 1.08 bits per heavy atom. The van der Waals surface area contributed by atoms with Gasteiger partial charge in [-0.05, 0) is 68.4 Å². The molecule has 1 atom stereocenters. The van der Waals surface area contributed by atoms with Crippen molar-refractivity contribution in [1.82, 2.24) is 4.98 Å². The molecule has 8 nitrogen and oxygen atoms in total. The van der Waals surface area contributed by atoms with Crippen molar-refractivity contribution in [1.29, 1.82) is 0 Å². The number of hydrogen-bond acceptors (Lipinski definition) is 8. The zero-order chi connectivity index (χ0) is 26.1. The molecule has 188 valence electrons. The lowest BCUT2D eigenvalue weighted by Gasteiger charge is -2.23. The van der Waals surface area contributed by atoms with Gasteiger partial charge in [0.2, 0.25) is 0 Å². The molecule has 0 aliphatic heterocycles. The first-order chi connectivity index (χ1) is 17.2. The average Bonchev–Trinajstić information content (AvgIpc) is 2.86. The van der Waals surface area contributed by atoms with Crippen molar-refractivity contribution in [3.05, 3.63) is 62.3 Å². The lowest BCUT2D eigenvalue weighted by Crippen LogP contribution is -2.20. The van der Waals surface area contributed by atoms with Crippen LogP contribution in [0.1, 0.15) is 94.0 Å². The summed E-state index contributed by atoms with van der Waals surface area (Å²) in [7, 11) is 1.19. The predicted molar refractivity (Wildman–Crippen MR) is 134 cm³/mol. The number of fused-ring (bicyclic) bond motifs is 2. The second-order valence-corrected chi connectivity index (χ2v) is 9.00. The molecule has 0 radical (unpaired) electrons. The Balaban J connectivity index is 2.14. The number of hydrogen-bond donors (Lipinski definition) is 0. The Morgan fingerprint density at radius 2 is 1.83 bits per heavy atom. The van der Waals surface area contributed by atoms with Gasteiger partial charge in [-0.25, -0.2) is 14.4 Å². The fraction of sp³-hybridized carbons (Fsp3) is 0.393. The summed E-state index contributed by atoms with van der Waals surface area (Å²) in [6.07, 6.45) is 2.43. The topological polar surface area (TPSA) is 113 Å². The van der Waals surface area contributed by atoms with Crippen LogP contribution in [0.25, 0.3) is 22.1 Å². The molecule has 2 heterocycles. The second kappa shape index (κ2) is 10.0. The summed E-state index contributed by atoms with van der Waals surface area (Å²) < 4.78 is 15.7. The van der Waals surface area contributed by atoms with Gasteiger partial charge in [0.25, 0.3) is 0 Å². The van der Waals surface area contributed by atoms with Crippen molar-refractivity contribution >= 4 is 28.7 Å². The van der Waals surface area contributed by atoms with E-state index in [1.165, 1.54) is 13.2 Å². The maximum absolute atomic E-state index is 13.2. The van der Waals surface area contributed by atoms with E-state index in [0.717, 1.165) is 12.0 Å². The molecule has 36 heavy (non-hydrogen) atoms. The van der Waals surface area contributed by atoms with Crippen molar-refractivity contribution in [2.45, 2.75) is 59.3 Å². The van der Waals surface area contributed by atoms with Crippen LogP contribution in [0.15, 0.2) is 27.4 Å². The lowest BCUT2D eigenvalue weighted by molar-refractivity contribution is 0.0524. The van der Waals surface area contributed by atoms with Gasteiger partial charge in [-0.15, -0.1) is 0 Å². The van der Waals surface area contributed by atoms with E-state index in [-0.39, 0.29) is 29.4 Å². The predicted octanol–water partition coefficient (Wildman–Crippen LogP) is 5.16. The standard InChI is InChI=1S/C28H29NO7/c1-6-14(3)18-12-16(11-17-13-19(26(31)34-5)27(32)36-25(17)18)23-22(28(33)35-7-2)15(4)29-20-9-8-10-21(30)24(20)23/h11-14H,6-10H2,1-5H3. The van der Waals surface area contributed by atoms with Gasteiger partial charge in [0.05, 0.1) is 30.7 Å². The van der Waals surface area contributed by atoms with Crippen LogP contribution in [-0.4, -0.2) is 36.4 Å². The number of aromatic nitrogens is 1. The first-order valence-electron chi connectivity index (χ1n) is 12.2. The Bertz CT molecular complexity index is 1450. The number of methoxy groups -OCH3 is 1. The number of Topliss-reactive ketones (excluding diaryl/α,β-unsaturated/α-hetero) is 1. The van der Waals surface area contributed by atoms with Crippen molar-refractivity contribution in [3.63, 3.8) is 0 Å². The molecule has 0 saturated carbocycles. The van der Waals surface area contributed by atoms with E-state index in [0.29, 0.717) is 58.3 Å². The highest BCUT2D eigenvalue weighted by molar-refractivity contribution is 6.11. The zero-order valence-corrected chi connectivity index (χ0v) is 21.1. The van der Waals surface area contributed by atoms with Crippen LogP contribution in [0.3, 0.4) is 0 Å². The van der Waals surface area contributed by atoms with E-state index >= 15 is 0 Å². The molecule has 0 fully saturated rings. The summed E-state index contributed by atoms with van der Waals surface area (Å²) in [5.74, 6) is -1.45. The summed E-state index contributed by atoms with van der Waals surface area (Å²) in [6, 6.07) is 5.03. The lowest BCUT2D eigenvalue weighted by atomic mass is 9.83. The molecule has 3 aromatic rings. The number of ether oxygens (including phenoxy) is 2. The molecule has 8 heteroatoms. The number of benzene rings is 1. The molecule has 0 bridgehead atoms. The molecular weight excluding hydrogens is 462 g/mol. The van der Waals surface area contributed by atoms with Gasteiger partial charge in [0, 0.05) is 22.9 Å². The molecule has 0 spiro atoms. The quantitative estimate of drug-likeness (QED) is 0.343. The van der Waals surface area contributed by atoms with Crippen LogP contribution in [0.4, 0.5) is 0 Å². The third-order valence-corrected chi connectivity index (χ3v) is 6.73. The van der Waals surface area contributed by atoms with E-state index in [1.54, 1.807) is 19.9 Å². The van der Waals surface area contributed by atoms with Crippen molar-refractivity contribution < 1.29 is 28.3 Å².